The minimum atomic E-state index is 0.307. The lowest BCUT2D eigenvalue weighted by atomic mass is 9.97. The summed E-state index contributed by atoms with van der Waals surface area (Å²) >= 11 is 0. The van der Waals surface area contributed by atoms with Crippen LogP contribution in [0.25, 0.3) is 0 Å². The molecule has 0 bridgehead atoms. The number of rotatable bonds is 4. The molecule has 2 N–H and O–H groups in total. The normalized spacial score (nSPS) is 19.0. The average Bonchev–Trinajstić information content (AvgIpc) is 3.02. The van der Waals surface area contributed by atoms with Crippen LogP contribution in [0.4, 0.5) is 0 Å². The van der Waals surface area contributed by atoms with E-state index in [0.717, 1.165) is 31.8 Å². The van der Waals surface area contributed by atoms with Gasteiger partial charge in [-0.1, -0.05) is 36.4 Å². The molecule has 0 saturated carbocycles. The smallest absolute Gasteiger partial charge is 0.0968 e. The molecule has 104 valence electrons. The maximum Gasteiger partial charge on any atom is 0.0968 e. The first kappa shape index (κ1) is 13.0. The zero-order valence-corrected chi connectivity index (χ0v) is 11.7. The van der Waals surface area contributed by atoms with Crippen LogP contribution in [0.3, 0.4) is 0 Å². The lowest BCUT2D eigenvalue weighted by molar-refractivity contribution is 0.637. The molecule has 3 rings (SSSR count). The minimum Gasteiger partial charge on any atom is -0.387 e. The second-order valence-corrected chi connectivity index (χ2v) is 5.26. The molecule has 1 aromatic rings. The molecule has 2 aliphatic rings. The summed E-state index contributed by atoms with van der Waals surface area (Å²) in [5.41, 5.74) is 2.71. The maximum atomic E-state index is 4.55. The van der Waals surface area contributed by atoms with Crippen molar-refractivity contribution in [3.63, 3.8) is 0 Å². The molecule has 0 aliphatic carbocycles. The number of dihydropyridines is 1. The van der Waals surface area contributed by atoms with E-state index in [9.17, 15) is 0 Å². The third-order valence-electron chi connectivity index (χ3n) is 3.75. The van der Waals surface area contributed by atoms with Crippen molar-refractivity contribution in [2.75, 3.05) is 13.1 Å². The third-order valence-corrected chi connectivity index (χ3v) is 3.75. The molecule has 0 spiro atoms. The van der Waals surface area contributed by atoms with Gasteiger partial charge in [-0.3, -0.25) is 4.99 Å². The predicted molar refractivity (Wildman–Crippen MR) is 83.7 cm³/mol. The fourth-order valence-corrected chi connectivity index (χ4v) is 2.68. The Morgan fingerprint density at radius 3 is 2.85 bits per heavy atom. The van der Waals surface area contributed by atoms with E-state index in [1.54, 1.807) is 0 Å². The van der Waals surface area contributed by atoms with Gasteiger partial charge in [-0.15, -0.1) is 0 Å². The zero-order valence-electron chi connectivity index (χ0n) is 11.7. The van der Waals surface area contributed by atoms with Crippen molar-refractivity contribution in [3.05, 3.63) is 59.8 Å². The van der Waals surface area contributed by atoms with Crippen molar-refractivity contribution in [1.82, 2.24) is 10.6 Å². The first-order valence-corrected chi connectivity index (χ1v) is 7.35. The van der Waals surface area contributed by atoms with Crippen LogP contribution in [0.5, 0.6) is 0 Å². The second-order valence-electron chi connectivity index (χ2n) is 5.26. The lowest BCUT2D eigenvalue weighted by Crippen LogP contribution is -2.27. The molecule has 0 radical (unpaired) electrons. The van der Waals surface area contributed by atoms with Crippen LogP contribution >= 0.6 is 0 Å². The summed E-state index contributed by atoms with van der Waals surface area (Å²) in [6.07, 6.45) is 9.72. The molecule has 2 aliphatic heterocycles. The van der Waals surface area contributed by atoms with E-state index in [1.807, 2.05) is 6.20 Å². The number of allylic oxidation sites excluding steroid dienone is 1. The van der Waals surface area contributed by atoms with Crippen LogP contribution in [0.1, 0.15) is 30.9 Å². The van der Waals surface area contributed by atoms with E-state index in [-0.39, 0.29) is 0 Å². The van der Waals surface area contributed by atoms with Gasteiger partial charge in [0, 0.05) is 19.5 Å². The lowest BCUT2D eigenvalue weighted by Gasteiger charge is -2.22. The number of hydrogen-bond acceptors (Lipinski definition) is 3. The Morgan fingerprint density at radius 2 is 2.15 bits per heavy atom. The van der Waals surface area contributed by atoms with Gasteiger partial charge in [0.1, 0.15) is 0 Å². The first-order chi connectivity index (χ1) is 9.92. The standard InChI is InChI=1S/C17H21N3/c1-2-5-15(6-3-1)16(20-17-7-4-10-19-17)13-14-8-11-18-12-9-14/h1-3,5-6,8-9,11,16,18H,4,7,10,12-13H2,(H,19,20). The van der Waals surface area contributed by atoms with E-state index >= 15 is 0 Å². The van der Waals surface area contributed by atoms with E-state index in [1.165, 1.54) is 17.6 Å². The van der Waals surface area contributed by atoms with Gasteiger partial charge in [0.05, 0.1) is 11.9 Å². The number of nitrogens with one attached hydrogen (secondary N) is 2. The predicted octanol–water partition coefficient (Wildman–Crippen LogP) is 2.94. The van der Waals surface area contributed by atoms with Gasteiger partial charge < -0.3 is 10.6 Å². The van der Waals surface area contributed by atoms with Gasteiger partial charge in [-0.05, 0) is 36.3 Å². The monoisotopic (exact) mass is 267 g/mol. The third kappa shape index (κ3) is 3.29. The van der Waals surface area contributed by atoms with E-state index in [0.29, 0.717) is 6.04 Å². The fourth-order valence-electron chi connectivity index (χ4n) is 2.68. The summed E-state index contributed by atoms with van der Waals surface area (Å²) in [4.78, 5) is 4.55. The summed E-state index contributed by atoms with van der Waals surface area (Å²) in [7, 11) is 0. The summed E-state index contributed by atoms with van der Waals surface area (Å²) in [5.74, 6) is 1.16. The Hall–Kier alpha value is -2.03. The van der Waals surface area contributed by atoms with Crippen molar-refractivity contribution in [2.24, 2.45) is 4.99 Å². The van der Waals surface area contributed by atoms with Gasteiger partial charge in [0.2, 0.25) is 0 Å². The van der Waals surface area contributed by atoms with Crippen LogP contribution in [0.15, 0.2) is 59.2 Å². The highest BCUT2D eigenvalue weighted by atomic mass is 15.0. The van der Waals surface area contributed by atoms with Crippen LogP contribution < -0.4 is 10.6 Å². The summed E-state index contributed by atoms with van der Waals surface area (Å²) in [6.45, 7) is 1.89. The highest BCUT2D eigenvalue weighted by Gasteiger charge is 2.16. The van der Waals surface area contributed by atoms with Gasteiger partial charge in [0.15, 0.2) is 0 Å². The molecule has 20 heavy (non-hydrogen) atoms. The van der Waals surface area contributed by atoms with Crippen molar-refractivity contribution >= 4 is 5.84 Å². The maximum absolute atomic E-state index is 4.55. The SMILES string of the molecule is C1=CC(CC(NC2=NCCC2)c2ccccc2)=CCN1. The highest BCUT2D eigenvalue weighted by Crippen LogP contribution is 2.23. The summed E-state index contributed by atoms with van der Waals surface area (Å²) in [6, 6.07) is 11.0. The Labute approximate surface area is 120 Å². The molecule has 3 nitrogen and oxygen atoms in total. The van der Waals surface area contributed by atoms with Crippen LogP contribution in [-0.2, 0) is 0 Å². The van der Waals surface area contributed by atoms with E-state index in [4.69, 9.17) is 0 Å². The van der Waals surface area contributed by atoms with Gasteiger partial charge >= 0.3 is 0 Å². The summed E-state index contributed by atoms with van der Waals surface area (Å²) < 4.78 is 0. The van der Waals surface area contributed by atoms with Crippen LogP contribution in [0.2, 0.25) is 0 Å². The molecule has 0 saturated heterocycles. The molecular formula is C17H21N3. The molecule has 0 amide bonds. The number of amidine groups is 1. The Kier molecular flexibility index (Phi) is 4.16. The Balaban J connectivity index is 1.75. The number of benzene rings is 1. The van der Waals surface area contributed by atoms with Crippen LogP contribution in [0, 0.1) is 0 Å². The molecule has 2 heterocycles. The minimum absolute atomic E-state index is 0.307. The van der Waals surface area contributed by atoms with Crippen molar-refractivity contribution in [1.29, 1.82) is 0 Å². The fraction of sp³-hybridized carbons (Fsp3) is 0.353. The zero-order chi connectivity index (χ0) is 13.6. The Morgan fingerprint density at radius 1 is 1.25 bits per heavy atom. The molecule has 1 aromatic carbocycles. The second kappa shape index (κ2) is 6.42. The van der Waals surface area contributed by atoms with Crippen molar-refractivity contribution in [3.8, 4) is 0 Å². The molecule has 0 fully saturated rings. The molecule has 0 aromatic heterocycles. The number of nitrogens with zero attached hydrogens (tertiary/aromatic N) is 1. The molecular weight excluding hydrogens is 246 g/mol. The van der Waals surface area contributed by atoms with Gasteiger partial charge in [0.25, 0.3) is 0 Å². The van der Waals surface area contributed by atoms with Crippen LogP contribution in [-0.4, -0.2) is 18.9 Å². The summed E-state index contributed by atoms with van der Waals surface area (Å²) in [5, 5.41) is 6.83. The number of aliphatic imine (C=N–C) groups is 1. The average molecular weight is 267 g/mol. The molecule has 3 heteroatoms. The first-order valence-electron chi connectivity index (χ1n) is 7.35. The van der Waals surface area contributed by atoms with Gasteiger partial charge in [-0.25, -0.2) is 0 Å². The number of hydrogen-bond donors (Lipinski definition) is 2. The molecule has 1 atom stereocenters. The van der Waals surface area contributed by atoms with E-state index < -0.39 is 0 Å². The van der Waals surface area contributed by atoms with E-state index in [2.05, 4.69) is 58.1 Å². The van der Waals surface area contributed by atoms with Crippen molar-refractivity contribution in [2.45, 2.75) is 25.3 Å². The molecule has 1 unspecified atom stereocenters. The largest absolute Gasteiger partial charge is 0.387 e. The van der Waals surface area contributed by atoms with Crippen molar-refractivity contribution < 1.29 is 0 Å². The highest BCUT2D eigenvalue weighted by molar-refractivity contribution is 5.84. The topological polar surface area (TPSA) is 36.4 Å². The quantitative estimate of drug-likeness (QED) is 0.880. The Bertz CT molecular complexity index is 528. The van der Waals surface area contributed by atoms with Gasteiger partial charge in [-0.2, -0.15) is 0 Å².